The number of aryl methyl sites for hydroxylation is 2. The summed E-state index contributed by atoms with van der Waals surface area (Å²) in [7, 11) is -5.00. The molecule has 15 heteroatoms. The first-order chi connectivity index (χ1) is 21.2. The van der Waals surface area contributed by atoms with Gasteiger partial charge < -0.3 is 48.3 Å². The highest BCUT2D eigenvalue weighted by molar-refractivity contribution is 7.52. The van der Waals surface area contributed by atoms with Crippen molar-refractivity contribution in [1.29, 1.82) is 0 Å². The van der Waals surface area contributed by atoms with Crippen molar-refractivity contribution in [3.63, 3.8) is 0 Å². The smallest absolute Gasteiger partial charge is 0.407 e. The molecule has 0 saturated carbocycles. The maximum atomic E-state index is 11.9. The van der Waals surface area contributed by atoms with Crippen LogP contribution in [-0.2, 0) is 43.6 Å². The van der Waals surface area contributed by atoms with Gasteiger partial charge in [0.2, 0.25) is 0 Å². The van der Waals surface area contributed by atoms with Crippen LogP contribution in [0.15, 0.2) is 12.1 Å². The van der Waals surface area contributed by atoms with E-state index in [0.717, 1.165) is 81.3 Å². The van der Waals surface area contributed by atoms with E-state index < -0.39 is 27.3 Å². The van der Waals surface area contributed by atoms with Crippen LogP contribution in [0.5, 0.6) is 5.75 Å². The zero-order valence-corrected chi connectivity index (χ0v) is 29.7. The third-order valence-corrected chi connectivity index (χ3v) is 8.06. The van der Waals surface area contributed by atoms with Crippen molar-refractivity contribution in [1.82, 2.24) is 5.32 Å². The van der Waals surface area contributed by atoms with Gasteiger partial charge in [-0.25, -0.2) is 9.59 Å². The predicted molar refractivity (Wildman–Crippen MR) is 180 cm³/mol. The first kappa shape index (κ1) is 46.3. The van der Waals surface area contributed by atoms with Crippen LogP contribution in [0.3, 0.4) is 0 Å². The summed E-state index contributed by atoms with van der Waals surface area (Å²) >= 11 is 0. The molecule has 0 aliphatic heterocycles. The second kappa shape index (κ2) is 27.2. The van der Waals surface area contributed by atoms with Crippen LogP contribution in [0.2, 0.25) is 0 Å². The van der Waals surface area contributed by atoms with E-state index >= 15 is 0 Å². The van der Waals surface area contributed by atoms with Gasteiger partial charge in [-0.3, -0.25) is 4.57 Å². The normalized spacial score (nSPS) is 13.3. The highest BCUT2D eigenvalue weighted by atomic mass is 31.2. The van der Waals surface area contributed by atoms with E-state index in [9.17, 15) is 23.6 Å². The molecule has 1 amide bonds. The number of nitrogens with two attached hydrogens (primary N) is 1. The Labute approximate surface area is 276 Å². The van der Waals surface area contributed by atoms with Crippen LogP contribution in [0.25, 0.3) is 0 Å². The Kier molecular flexibility index (Phi) is 27.3. The Bertz CT molecular complexity index is 1040. The molecule has 0 saturated heterocycles. The molecule has 46 heavy (non-hydrogen) atoms. The van der Waals surface area contributed by atoms with E-state index in [4.69, 9.17) is 29.0 Å². The van der Waals surface area contributed by atoms with Crippen LogP contribution in [0.4, 0.5) is 4.79 Å². The number of ether oxygens (including phenoxy) is 3. The molecule has 0 heterocycles. The summed E-state index contributed by atoms with van der Waals surface area (Å²) in [5, 5.41) is 2.69. The Morgan fingerprint density at radius 3 is 2.00 bits per heavy atom. The van der Waals surface area contributed by atoms with Crippen molar-refractivity contribution in [2.75, 3.05) is 60.0 Å². The average Bonchev–Trinajstić information content (AvgIpc) is 2.97. The van der Waals surface area contributed by atoms with Crippen molar-refractivity contribution >= 4 is 27.3 Å². The third kappa shape index (κ3) is 26.3. The summed E-state index contributed by atoms with van der Waals surface area (Å²) in [5.74, 6) is 0.0435. The second-order valence-corrected chi connectivity index (χ2v) is 14.6. The van der Waals surface area contributed by atoms with E-state index in [1.54, 1.807) is 0 Å². The van der Waals surface area contributed by atoms with Crippen molar-refractivity contribution < 1.29 is 51.4 Å². The fourth-order valence-corrected chi connectivity index (χ4v) is 4.84. The minimum absolute atomic E-state index is 0. The molecule has 1 aromatic rings. The van der Waals surface area contributed by atoms with Gasteiger partial charge in [0.15, 0.2) is 0 Å². The molecule has 2 atom stereocenters. The highest BCUT2D eigenvalue weighted by Crippen LogP contribution is 2.42. The Hall–Kier alpha value is -1.82. The second-order valence-electron chi connectivity index (χ2n) is 10.6. The predicted octanol–water partition coefficient (Wildman–Crippen LogP) is 6.25. The number of carbonyl (C=O) groups is 2. The SMILES string of the molecule is C.CCCOCC(=O)Oc1c(C)cc(COC(=O)NCCCCCCOP(C)(=O)[O-])cc1C.COP(C)(=O)OCCCCCCN. The van der Waals surface area contributed by atoms with Crippen LogP contribution in [0, 0.1) is 13.8 Å². The Balaban J connectivity index is 0. The summed E-state index contributed by atoms with van der Waals surface area (Å²) in [6.07, 6.45) is 7.55. The lowest BCUT2D eigenvalue weighted by molar-refractivity contribution is -0.196. The first-order valence-corrected chi connectivity index (χ1v) is 19.4. The summed E-state index contributed by atoms with van der Waals surface area (Å²) < 4.78 is 52.3. The van der Waals surface area contributed by atoms with Crippen molar-refractivity contribution in [3.8, 4) is 5.75 Å². The van der Waals surface area contributed by atoms with E-state index in [1.165, 1.54) is 13.8 Å². The maximum absolute atomic E-state index is 11.9. The Morgan fingerprint density at radius 1 is 0.891 bits per heavy atom. The zero-order chi connectivity index (χ0) is 34.1. The number of unbranched alkanes of at least 4 members (excludes halogenated alkanes) is 6. The molecular weight excluding hydrogens is 638 g/mol. The van der Waals surface area contributed by atoms with Crippen LogP contribution in [0.1, 0.15) is 88.8 Å². The molecule has 270 valence electrons. The fraction of sp³-hybridized carbons (Fsp3) is 0.742. The molecule has 13 nitrogen and oxygen atoms in total. The van der Waals surface area contributed by atoms with Gasteiger partial charge in [0.25, 0.3) is 0 Å². The molecule has 2 unspecified atom stereocenters. The van der Waals surface area contributed by atoms with Crippen molar-refractivity contribution in [2.45, 2.75) is 92.6 Å². The number of hydrogen-bond acceptors (Lipinski definition) is 12. The van der Waals surface area contributed by atoms with E-state index in [0.29, 0.717) is 31.9 Å². The number of hydrogen-bond donors (Lipinski definition) is 2. The highest BCUT2D eigenvalue weighted by Gasteiger charge is 2.14. The zero-order valence-electron chi connectivity index (χ0n) is 27.9. The molecule has 0 aliphatic rings. The van der Waals surface area contributed by atoms with Crippen molar-refractivity contribution in [2.24, 2.45) is 5.73 Å². The van der Waals surface area contributed by atoms with Gasteiger partial charge in [0.1, 0.15) is 26.6 Å². The fourth-order valence-electron chi connectivity index (χ4n) is 3.81. The monoisotopic (exact) mass is 697 g/mol. The first-order valence-electron chi connectivity index (χ1n) is 15.4. The lowest BCUT2D eigenvalue weighted by atomic mass is 10.1. The maximum Gasteiger partial charge on any atom is 0.407 e. The minimum atomic E-state index is -3.65. The number of esters is 1. The summed E-state index contributed by atoms with van der Waals surface area (Å²) in [5.41, 5.74) is 7.68. The van der Waals surface area contributed by atoms with Gasteiger partial charge in [-0.1, -0.05) is 40.0 Å². The van der Waals surface area contributed by atoms with E-state index in [2.05, 4.69) is 9.84 Å². The number of benzene rings is 1. The van der Waals surface area contributed by atoms with Crippen LogP contribution in [-0.4, -0.2) is 72.0 Å². The van der Waals surface area contributed by atoms with Crippen molar-refractivity contribution in [3.05, 3.63) is 28.8 Å². The van der Waals surface area contributed by atoms with Gasteiger partial charge in [0.05, 0.1) is 13.2 Å². The topological polar surface area (TPSA) is 185 Å². The van der Waals surface area contributed by atoms with Gasteiger partial charge in [-0.15, -0.1) is 0 Å². The van der Waals surface area contributed by atoms with E-state index in [1.807, 2.05) is 32.9 Å². The standard InChI is InChI=1S/C22H36NO8P.C8H20NO3P.CH4/c1-5-11-28-16-20(24)31-21-17(2)13-19(14-18(21)3)15-29-22(25)23-10-8-6-7-9-12-30-32(4,26)27;1-11-13(2,10)12-8-6-4-3-5-7-9;/h13-14H,5-12,15-16H2,1-4H3,(H,23,25)(H,26,27);3-9H2,1-2H3;1H4/p-1. The molecule has 0 bridgehead atoms. The quantitative estimate of drug-likeness (QED) is 0.0568. The molecule has 1 aromatic carbocycles. The Morgan fingerprint density at radius 2 is 1.46 bits per heavy atom. The molecule has 0 fully saturated rings. The molecule has 3 N–H and O–H groups in total. The lowest BCUT2D eigenvalue weighted by Crippen LogP contribution is -2.25. The summed E-state index contributed by atoms with van der Waals surface area (Å²) in [6, 6.07) is 3.63. The summed E-state index contributed by atoms with van der Waals surface area (Å²) in [4.78, 5) is 34.6. The third-order valence-electron chi connectivity index (χ3n) is 6.10. The molecule has 1 rings (SSSR count). The number of alkyl carbamates (subject to hydrolysis) is 1. The molecule has 0 aromatic heterocycles. The molecular formula is C31H59N2O11P2-. The van der Waals surface area contributed by atoms with Gasteiger partial charge >= 0.3 is 19.7 Å². The lowest BCUT2D eigenvalue weighted by Gasteiger charge is -2.17. The number of amides is 1. The molecule has 0 radical (unpaired) electrons. The minimum Gasteiger partial charge on any atom is -0.779 e. The molecule has 0 spiro atoms. The van der Waals surface area contributed by atoms with Gasteiger partial charge in [-0.05, 0) is 81.3 Å². The summed E-state index contributed by atoms with van der Waals surface area (Å²) in [6.45, 7) is 10.6. The van der Waals surface area contributed by atoms with Crippen LogP contribution >= 0.6 is 15.2 Å². The van der Waals surface area contributed by atoms with Crippen LogP contribution < -0.4 is 20.7 Å². The molecule has 0 aliphatic carbocycles. The van der Waals surface area contributed by atoms with Gasteiger partial charge in [0, 0.05) is 33.6 Å². The van der Waals surface area contributed by atoms with Gasteiger partial charge in [-0.2, -0.15) is 0 Å². The number of rotatable bonds is 23. The average molecular weight is 698 g/mol. The largest absolute Gasteiger partial charge is 0.779 e. The number of carbonyl (C=O) groups excluding carboxylic acids is 2. The number of nitrogens with one attached hydrogen (secondary N) is 1. The van der Waals surface area contributed by atoms with E-state index in [-0.39, 0.29) is 27.2 Å².